The van der Waals surface area contributed by atoms with Crippen LogP contribution in [0.3, 0.4) is 0 Å². The molecule has 1 atom stereocenters. The van der Waals surface area contributed by atoms with Crippen molar-refractivity contribution in [2.75, 3.05) is 11.1 Å². The Morgan fingerprint density at radius 2 is 1.76 bits per heavy atom. The number of halogens is 1. The zero-order chi connectivity index (χ0) is 25.0. The first-order chi connectivity index (χ1) is 16.1. The van der Waals surface area contributed by atoms with E-state index in [4.69, 9.17) is 4.74 Å². The van der Waals surface area contributed by atoms with Gasteiger partial charge in [-0.25, -0.2) is 0 Å². The molecule has 1 unspecified atom stereocenters. The van der Waals surface area contributed by atoms with Crippen molar-refractivity contribution in [2.45, 2.75) is 71.7 Å². The third kappa shape index (κ3) is 6.21. The predicted octanol–water partition coefficient (Wildman–Crippen LogP) is 7.23. The maximum atomic E-state index is 12.7. The van der Waals surface area contributed by atoms with E-state index in [1.54, 1.807) is 0 Å². The molecule has 3 aromatic rings. The smallest absolute Gasteiger partial charge is 0.234 e. The van der Waals surface area contributed by atoms with E-state index >= 15 is 0 Å². The van der Waals surface area contributed by atoms with Crippen LogP contribution in [0.4, 0.5) is 5.69 Å². The van der Waals surface area contributed by atoms with Crippen LogP contribution in [0.25, 0.3) is 0 Å². The van der Waals surface area contributed by atoms with Crippen molar-refractivity contribution in [1.82, 2.24) is 14.8 Å². The van der Waals surface area contributed by atoms with Crippen molar-refractivity contribution >= 4 is 39.3 Å². The highest BCUT2D eigenvalue weighted by Crippen LogP contribution is 2.32. The highest BCUT2D eigenvalue weighted by atomic mass is 79.9. The van der Waals surface area contributed by atoms with E-state index in [-0.39, 0.29) is 23.8 Å². The van der Waals surface area contributed by atoms with E-state index in [1.165, 1.54) is 17.3 Å². The molecule has 0 spiro atoms. The minimum atomic E-state index is -0.288. The van der Waals surface area contributed by atoms with E-state index < -0.39 is 0 Å². The quantitative estimate of drug-likeness (QED) is 0.287. The lowest BCUT2D eigenvalue weighted by molar-refractivity contribution is -0.113. The Bertz CT molecular complexity index is 1160. The van der Waals surface area contributed by atoms with Gasteiger partial charge in [-0.05, 0) is 91.4 Å². The molecule has 1 amide bonds. The maximum Gasteiger partial charge on any atom is 0.234 e. The van der Waals surface area contributed by atoms with Crippen molar-refractivity contribution < 1.29 is 9.53 Å². The van der Waals surface area contributed by atoms with Crippen molar-refractivity contribution in [2.24, 2.45) is 0 Å². The van der Waals surface area contributed by atoms with Crippen molar-refractivity contribution in [3.63, 3.8) is 0 Å². The van der Waals surface area contributed by atoms with Crippen LogP contribution in [-0.2, 0) is 4.79 Å². The summed E-state index contributed by atoms with van der Waals surface area (Å²) in [6, 6.07) is 12.2. The monoisotopic (exact) mass is 544 g/mol. The molecule has 0 aliphatic rings. The van der Waals surface area contributed by atoms with E-state index in [2.05, 4.69) is 65.2 Å². The minimum Gasteiger partial charge on any atom is -0.482 e. The summed E-state index contributed by atoms with van der Waals surface area (Å²) in [6.07, 6.45) is -0.288. The number of nitrogens with zero attached hydrogens (tertiary/aromatic N) is 3. The number of rotatable bonds is 9. The summed E-state index contributed by atoms with van der Waals surface area (Å²) in [5.74, 6) is 2.09. The first-order valence-corrected chi connectivity index (χ1v) is 13.3. The first kappa shape index (κ1) is 26.3. The zero-order valence-electron chi connectivity index (χ0n) is 20.8. The van der Waals surface area contributed by atoms with Crippen LogP contribution in [0, 0.1) is 13.8 Å². The molecule has 182 valence electrons. The van der Waals surface area contributed by atoms with Gasteiger partial charge in [-0.3, -0.25) is 4.79 Å². The summed E-state index contributed by atoms with van der Waals surface area (Å²) in [7, 11) is 0. The topological polar surface area (TPSA) is 69.0 Å². The Balaban J connectivity index is 1.73. The standard InChI is InChI=1S/C26H33BrN4O2S/c1-15(2)20-10-8-9-11-23(20)33-19(7)25-29-30-26(31(25)16(3)4)34-14-24(32)28-22-13-18(6)17(5)12-21(22)27/h8-13,15-16,19H,14H2,1-7H3,(H,28,32). The van der Waals surface area contributed by atoms with Gasteiger partial charge in [0.05, 0.1) is 11.4 Å². The molecule has 34 heavy (non-hydrogen) atoms. The summed E-state index contributed by atoms with van der Waals surface area (Å²) < 4.78 is 9.24. The molecule has 0 aliphatic carbocycles. The zero-order valence-corrected chi connectivity index (χ0v) is 23.3. The lowest BCUT2D eigenvalue weighted by Crippen LogP contribution is -2.17. The maximum absolute atomic E-state index is 12.7. The van der Waals surface area contributed by atoms with Gasteiger partial charge in [0, 0.05) is 10.5 Å². The van der Waals surface area contributed by atoms with Gasteiger partial charge in [0.15, 0.2) is 17.1 Å². The summed E-state index contributed by atoms with van der Waals surface area (Å²) in [4.78, 5) is 12.7. The number of carbonyl (C=O) groups excluding carboxylic acids is 1. The summed E-state index contributed by atoms with van der Waals surface area (Å²) in [5.41, 5.74) is 4.23. The number of hydrogen-bond donors (Lipinski definition) is 1. The third-order valence-corrected chi connectivity index (χ3v) is 7.20. The number of carbonyl (C=O) groups is 1. The highest BCUT2D eigenvalue weighted by molar-refractivity contribution is 9.10. The van der Waals surface area contributed by atoms with Crippen LogP contribution >= 0.6 is 27.7 Å². The van der Waals surface area contributed by atoms with Crippen molar-refractivity contribution in [3.8, 4) is 5.75 Å². The fourth-order valence-corrected chi connectivity index (χ4v) is 5.08. The lowest BCUT2D eigenvalue weighted by Gasteiger charge is -2.21. The Kier molecular flexibility index (Phi) is 8.82. The molecule has 6 nitrogen and oxygen atoms in total. The van der Waals surface area contributed by atoms with Gasteiger partial charge in [0.1, 0.15) is 5.75 Å². The predicted molar refractivity (Wildman–Crippen MR) is 143 cm³/mol. The van der Waals surface area contributed by atoms with Gasteiger partial charge >= 0.3 is 0 Å². The van der Waals surface area contributed by atoms with Crippen molar-refractivity contribution in [3.05, 3.63) is 63.4 Å². The van der Waals surface area contributed by atoms with E-state index in [0.717, 1.165) is 32.9 Å². The number of ether oxygens (including phenoxy) is 1. The average Bonchev–Trinajstić information content (AvgIpc) is 3.21. The second-order valence-corrected chi connectivity index (χ2v) is 10.8. The second kappa shape index (κ2) is 11.4. The minimum absolute atomic E-state index is 0.0935. The van der Waals surface area contributed by atoms with Gasteiger partial charge in [0.25, 0.3) is 0 Å². The molecular formula is C26H33BrN4O2S. The van der Waals surface area contributed by atoms with Crippen LogP contribution in [0.15, 0.2) is 46.0 Å². The molecule has 3 rings (SSSR count). The molecule has 0 radical (unpaired) electrons. The summed E-state index contributed by atoms with van der Waals surface area (Å²) in [5, 5.41) is 12.5. The summed E-state index contributed by atoms with van der Waals surface area (Å²) in [6.45, 7) is 14.5. The van der Waals surface area contributed by atoms with E-state index in [0.29, 0.717) is 11.1 Å². The Hall–Kier alpha value is -2.32. The first-order valence-electron chi connectivity index (χ1n) is 11.5. The Morgan fingerprint density at radius 3 is 2.44 bits per heavy atom. The Morgan fingerprint density at radius 1 is 1.09 bits per heavy atom. The summed E-state index contributed by atoms with van der Waals surface area (Å²) >= 11 is 4.91. The number of benzene rings is 2. The fourth-order valence-electron chi connectivity index (χ4n) is 3.65. The molecule has 8 heteroatoms. The van der Waals surface area contributed by atoms with Gasteiger partial charge in [0.2, 0.25) is 5.91 Å². The van der Waals surface area contributed by atoms with Gasteiger partial charge < -0.3 is 14.6 Å². The van der Waals surface area contributed by atoms with Crippen LogP contribution in [0.1, 0.15) is 75.2 Å². The third-order valence-electron chi connectivity index (χ3n) is 5.61. The number of hydrogen-bond acceptors (Lipinski definition) is 5. The van der Waals surface area contributed by atoms with Crippen LogP contribution in [0.2, 0.25) is 0 Å². The van der Waals surface area contributed by atoms with Gasteiger partial charge in [-0.15, -0.1) is 10.2 Å². The molecule has 0 saturated heterocycles. The molecule has 0 aliphatic heterocycles. The highest BCUT2D eigenvalue weighted by Gasteiger charge is 2.23. The molecule has 0 bridgehead atoms. The Labute approximate surface area is 215 Å². The molecular weight excluding hydrogens is 512 g/mol. The molecule has 0 saturated carbocycles. The molecule has 1 N–H and O–H groups in total. The van der Waals surface area contributed by atoms with E-state index in [9.17, 15) is 4.79 Å². The molecule has 1 heterocycles. The normalized spacial score (nSPS) is 12.3. The SMILES string of the molecule is Cc1cc(Br)c(NC(=O)CSc2nnc(C(C)Oc3ccccc3C(C)C)n2C(C)C)cc1C. The lowest BCUT2D eigenvalue weighted by atomic mass is 10.0. The van der Waals surface area contributed by atoms with E-state index in [1.807, 2.05) is 55.7 Å². The largest absolute Gasteiger partial charge is 0.482 e. The number of anilines is 1. The average molecular weight is 546 g/mol. The van der Waals surface area contributed by atoms with Gasteiger partial charge in [-0.2, -0.15) is 0 Å². The fraction of sp³-hybridized carbons (Fsp3) is 0.423. The van der Waals surface area contributed by atoms with Crippen molar-refractivity contribution in [1.29, 1.82) is 0 Å². The molecule has 0 fully saturated rings. The number of amides is 1. The molecule has 2 aromatic carbocycles. The van der Waals surface area contributed by atoms with Gasteiger partial charge in [-0.1, -0.05) is 43.8 Å². The number of aromatic nitrogens is 3. The number of para-hydroxylation sites is 1. The van der Waals surface area contributed by atoms with Crippen LogP contribution in [0.5, 0.6) is 5.75 Å². The second-order valence-electron chi connectivity index (χ2n) is 9.01. The van der Waals surface area contributed by atoms with Crippen LogP contribution < -0.4 is 10.1 Å². The molecule has 1 aromatic heterocycles. The number of nitrogens with one attached hydrogen (secondary N) is 1. The number of aryl methyl sites for hydroxylation is 2. The number of thioether (sulfide) groups is 1. The van der Waals surface area contributed by atoms with Crippen LogP contribution in [-0.4, -0.2) is 26.4 Å².